The van der Waals surface area contributed by atoms with E-state index < -0.39 is 5.60 Å². The van der Waals surface area contributed by atoms with Gasteiger partial charge in [-0.05, 0) is 19.8 Å². The van der Waals surface area contributed by atoms with Crippen molar-refractivity contribution in [2.24, 2.45) is 0 Å². The minimum Gasteiger partial charge on any atom is -0.475 e. The minimum absolute atomic E-state index is 0.0202. The van der Waals surface area contributed by atoms with Crippen LogP contribution in [0.2, 0.25) is 0 Å². The molecule has 2 fully saturated rings. The Morgan fingerprint density at radius 2 is 2.08 bits per heavy atom. The molecule has 2 bridgehead atoms. The Kier molecular flexibility index (Phi) is 3.75. The number of carbonyl (C=O) groups is 2. The molecule has 2 amide bonds. The van der Waals surface area contributed by atoms with Crippen molar-refractivity contribution in [1.29, 1.82) is 0 Å². The van der Waals surface area contributed by atoms with Crippen molar-refractivity contribution in [3.63, 3.8) is 0 Å². The van der Waals surface area contributed by atoms with Gasteiger partial charge in [0.25, 0.3) is 11.8 Å². The van der Waals surface area contributed by atoms with E-state index in [9.17, 15) is 9.59 Å². The molecule has 3 aliphatic rings. The van der Waals surface area contributed by atoms with Crippen LogP contribution in [0.4, 0.5) is 0 Å². The van der Waals surface area contributed by atoms with Gasteiger partial charge in [0.1, 0.15) is 17.8 Å². The van der Waals surface area contributed by atoms with Crippen LogP contribution in [0.1, 0.15) is 37.0 Å². The van der Waals surface area contributed by atoms with Crippen LogP contribution < -0.4 is 4.74 Å². The van der Waals surface area contributed by atoms with Gasteiger partial charge in [-0.1, -0.05) is 6.92 Å². The van der Waals surface area contributed by atoms with E-state index in [4.69, 9.17) is 9.47 Å². The minimum atomic E-state index is -0.791. The zero-order valence-corrected chi connectivity index (χ0v) is 14.9. The second-order valence-corrected chi connectivity index (χ2v) is 7.18. The van der Waals surface area contributed by atoms with Gasteiger partial charge in [0, 0.05) is 20.2 Å². The molecule has 4 rings (SSSR count). The van der Waals surface area contributed by atoms with Crippen LogP contribution in [-0.4, -0.2) is 75.9 Å². The first-order valence-corrected chi connectivity index (χ1v) is 8.84. The highest BCUT2D eigenvalue weighted by atomic mass is 16.5. The molecule has 2 saturated heterocycles. The van der Waals surface area contributed by atoms with Crippen molar-refractivity contribution in [3.8, 4) is 5.88 Å². The quantitative estimate of drug-likeness (QED) is 0.793. The Balaban J connectivity index is 1.48. The maximum Gasteiger partial charge on any atom is 0.261 e. The van der Waals surface area contributed by atoms with Crippen molar-refractivity contribution >= 4 is 11.8 Å². The largest absolute Gasteiger partial charge is 0.475 e. The van der Waals surface area contributed by atoms with Gasteiger partial charge in [0.2, 0.25) is 5.88 Å². The van der Waals surface area contributed by atoms with Gasteiger partial charge in [-0.2, -0.15) is 5.10 Å². The molecular weight excluding hydrogens is 324 g/mol. The van der Waals surface area contributed by atoms with E-state index in [1.54, 1.807) is 18.0 Å². The number of likely N-dealkylation sites (tertiary alicyclic amines) is 2. The number of amides is 2. The van der Waals surface area contributed by atoms with Crippen LogP contribution >= 0.6 is 0 Å². The molecule has 0 saturated carbocycles. The van der Waals surface area contributed by atoms with Crippen molar-refractivity contribution in [1.82, 2.24) is 19.6 Å². The second-order valence-electron chi connectivity index (χ2n) is 7.18. The fraction of sp³-hybridized carbons (Fsp3) is 0.706. The Bertz CT molecular complexity index is 712. The van der Waals surface area contributed by atoms with Gasteiger partial charge >= 0.3 is 0 Å². The number of aromatic nitrogens is 2. The third-order valence-corrected chi connectivity index (χ3v) is 5.90. The molecule has 3 aliphatic heterocycles. The first-order chi connectivity index (χ1) is 12.0. The SMILES string of the molecule is CCC(C)(OC)C(=O)N1C[C@@H]2C[C@H]1CN2C(=O)c1cnn2c1OCC2. The van der Waals surface area contributed by atoms with Gasteiger partial charge in [-0.3, -0.25) is 9.59 Å². The standard InChI is InChI=1S/C17H24N4O4/c1-4-17(2,24-3)16(23)20-10-11-7-12(20)9-19(11)14(22)13-8-18-21-5-6-25-15(13)21/h8,11-12H,4-7,9-10H2,1-3H3/t11-,12-,17?/m0/s1. The maximum atomic E-state index is 12.9. The molecule has 25 heavy (non-hydrogen) atoms. The Hall–Kier alpha value is -2.09. The molecule has 0 aromatic carbocycles. The fourth-order valence-corrected chi connectivity index (χ4v) is 4.07. The smallest absolute Gasteiger partial charge is 0.261 e. The maximum absolute atomic E-state index is 12.9. The summed E-state index contributed by atoms with van der Waals surface area (Å²) < 4.78 is 12.7. The average Bonchev–Trinajstić information content (AvgIpc) is 3.38. The summed E-state index contributed by atoms with van der Waals surface area (Å²) in [4.78, 5) is 29.5. The molecule has 3 atom stereocenters. The average molecular weight is 348 g/mol. The summed E-state index contributed by atoms with van der Waals surface area (Å²) in [5.74, 6) is 0.540. The lowest BCUT2D eigenvalue weighted by molar-refractivity contribution is -0.155. The molecule has 136 valence electrons. The van der Waals surface area contributed by atoms with E-state index in [0.29, 0.717) is 44.1 Å². The van der Waals surface area contributed by atoms with Gasteiger partial charge in [-0.15, -0.1) is 0 Å². The van der Waals surface area contributed by atoms with Gasteiger partial charge in [-0.25, -0.2) is 4.68 Å². The monoisotopic (exact) mass is 348 g/mol. The van der Waals surface area contributed by atoms with Crippen molar-refractivity contribution in [2.45, 2.75) is 50.9 Å². The van der Waals surface area contributed by atoms with Gasteiger partial charge in [0.15, 0.2) is 0 Å². The lowest BCUT2D eigenvalue weighted by Crippen LogP contribution is -2.56. The van der Waals surface area contributed by atoms with E-state index >= 15 is 0 Å². The molecule has 0 N–H and O–H groups in total. The Labute approximate surface area is 146 Å². The van der Waals surface area contributed by atoms with E-state index in [2.05, 4.69) is 5.10 Å². The summed E-state index contributed by atoms with van der Waals surface area (Å²) in [6.45, 7) is 6.15. The summed E-state index contributed by atoms with van der Waals surface area (Å²) in [7, 11) is 1.58. The summed E-state index contributed by atoms with van der Waals surface area (Å²) >= 11 is 0. The number of methoxy groups -OCH3 is 1. The third-order valence-electron chi connectivity index (χ3n) is 5.90. The van der Waals surface area contributed by atoms with Crippen molar-refractivity contribution in [3.05, 3.63) is 11.8 Å². The lowest BCUT2D eigenvalue weighted by Gasteiger charge is -2.38. The zero-order valence-electron chi connectivity index (χ0n) is 14.9. The molecule has 0 aliphatic carbocycles. The molecule has 0 radical (unpaired) electrons. The molecule has 1 unspecified atom stereocenters. The highest BCUT2D eigenvalue weighted by Gasteiger charge is 2.50. The molecule has 8 heteroatoms. The van der Waals surface area contributed by atoms with Crippen LogP contribution in [0.3, 0.4) is 0 Å². The van der Waals surface area contributed by atoms with Gasteiger partial charge < -0.3 is 19.3 Å². The van der Waals surface area contributed by atoms with Crippen molar-refractivity contribution in [2.75, 3.05) is 26.8 Å². The predicted molar refractivity (Wildman–Crippen MR) is 88.4 cm³/mol. The number of carbonyl (C=O) groups excluding carboxylic acids is 2. The summed E-state index contributed by atoms with van der Waals surface area (Å²) in [6.07, 6.45) is 3.04. The first kappa shape index (κ1) is 16.4. The van der Waals surface area contributed by atoms with E-state index in [1.165, 1.54) is 0 Å². The zero-order chi connectivity index (χ0) is 17.8. The number of rotatable bonds is 4. The van der Waals surface area contributed by atoms with Crippen molar-refractivity contribution < 1.29 is 19.1 Å². The molecule has 8 nitrogen and oxygen atoms in total. The van der Waals surface area contributed by atoms with E-state index in [-0.39, 0.29) is 23.9 Å². The number of ether oxygens (including phenoxy) is 2. The Morgan fingerprint density at radius 3 is 2.72 bits per heavy atom. The molecule has 4 heterocycles. The summed E-state index contributed by atoms with van der Waals surface area (Å²) in [5, 5.41) is 4.21. The summed E-state index contributed by atoms with van der Waals surface area (Å²) in [5.41, 5.74) is -0.265. The van der Waals surface area contributed by atoms with Crippen LogP contribution in [-0.2, 0) is 16.1 Å². The first-order valence-electron chi connectivity index (χ1n) is 8.84. The highest BCUT2D eigenvalue weighted by Crippen LogP contribution is 2.35. The number of fused-ring (bicyclic) bond motifs is 3. The topological polar surface area (TPSA) is 76.9 Å². The third kappa shape index (κ3) is 2.34. The van der Waals surface area contributed by atoms with Crippen LogP contribution in [0.15, 0.2) is 6.20 Å². The van der Waals surface area contributed by atoms with Crippen LogP contribution in [0, 0.1) is 0 Å². The van der Waals surface area contributed by atoms with Gasteiger partial charge in [0.05, 0.1) is 24.8 Å². The molecule has 1 aromatic heterocycles. The van der Waals surface area contributed by atoms with E-state index in [1.807, 2.05) is 23.6 Å². The number of piperazine rings is 1. The normalized spacial score (nSPS) is 26.5. The number of hydrogen-bond acceptors (Lipinski definition) is 5. The molecular formula is C17H24N4O4. The number of hydrogen-bond donors (Lipinski definition) is 0. The molecule has 1 aromatic rings. The van der Waals surface area contributed by atoms with Crippen LogP contribution in [0.5, 0.6) is 5.88 Å². The lowest BCUT2D eigenvalue weighted by atomic mass is 10.0. The summed E-state index contributed by atoms with van der Waals surface area (Å²) in [6, 6.07) is 0.114. The highest BCUT2D eigenvalue weighted by molar-refractivity contribution is 5.97. The van der Waals surface area contributed by atoms with E-state index in [0.717, 1.165) is 6.42 Å². The Morgan fingerprint density at radius 1 is 1.36 bits per heavy atom. The predicted octanol–water partition coefficient (Wildman–Crippen LogP) is 0.516. The number of nitrogens with zero attached hydrogens (tertiary/aromatic N) is 4. The van der Waals surface area contributed by atoms with Crippen LogP contribution in [0.25, 0.3) is 0 Å². The molecule has 0 spiro atoms. The fourth-order valence-electron chi connectivity index (χ4n) is 4.07. The second kappa shape index (κ2) is 5.72.